The number of nitro groups is 2. The number of nitro benzene ring substituents is 2. The zero-order chi connectivity index (χ0) is 25.7. The van der Waals surface area contributed by atoms with Crippen LogP contribution in [0.1, 0.15) is 41.9 Å². The van der Waals surface area contributed by atoms with Gasteiger partial charge in [0.1, 0.15) is 5.56 Å². The fourth-order valence-corrected chi connectivity index (χ4v) is 3.76. The molecule has 35 heavy (non-hydrogen) atoms. The molecule has 0 bridgehead atoms. The second-order valence-electron chi connectivity index (χ2n) is 8.13. The molecule has 12 nitrogen and oxygen atoms in total. The van der Waals surface area contributed by atoms with Gasteiger partial charge in [0.2, 0.25) is 0 Å². The summed E-state index contributed by atoms with van der Waals surface area (Å²) in [5.41, 5.74) is 1.38. The number of hydrogen-bond donors (Lipinski definition) is 3. The summed E-state index contributed by atoms with van der Waals surface area (Å²) in [5, 5.41) is 50.6. The van der Waals surface area contributed by atoms with Crippen LogP contribution >= 0.6 is 0 Å². The number of nitrogens with one attached hydrogen (secondary N) is 2. The van der Waals surface area contributed by atoms with E-state index in [0.717, 1.165) is 47.8 Å². The Kier molecular flexibility index (Phi) is 7.53. The van der Waals surface area contributed by atoms with Crippen molar-refractivity contribution in [1.82, 2.24) is 15.5 Å². The average Bonchev–Trinajstić information content (AvgIpc) is 3.27. The highest BCUT2D eigenvalue weighted by Gasteiger charge is 2.31. The van der Waals surface area contributed by atoms with Crippen LogP contribution in [0.3, 0.4) is 0 Å². The number of H-pyrrole nitrogens is 1. The number of carbonyl (C=O) groups is 1. The third-order valence-electron chi connectivity index (χ3n) is 5.59. The second kappa shape index (κ2) is 10.5. The van der Waals surface area contributed by atoms with Crippen LogP contribution in [0.25, 0.3) is 16.5 Å². The molecule has 2 aromatic carbocycles. The Morgan fingerprint density at radius 3 is 2.57 bits per heavy atom. The van der Waals surface area contributed by atoms with Crippen LogP contribution in [0, 0.1) is 37.5 Å². The Hall–Kier alpha value is -4.63. The molecule has 12 heteroatoms. The molecule has 3 N–H and O–H groups in total. The number of benzene rings is 2. The lowest BCUT2D eigenvalue weighted by Crippen LogP contribution is -2.37. The van der Waals surface area contributed by atoms with Crippen molar-refractivity contribution in [2.75, 3.05) is 6.54 Å². The van der Waals surface area contributed by atoms with Gasteiger partial charge in [0.15, 0.2) is 0 Å². The fraction of sp³-hybridized carbons (Fsp3) is 0.261. The van der Waals surface area contributed by atoms with Gasteiger partial charge in [0, 0.05) is 24.0 Å². The maximum absolute atomic E-state index is 10.6. The number of aromatic carboxylic acids is 1. The van der Waals surface area contributed by atoms with Crippen molar-refractivity contribution in [2.45, 2.75) is 26.3 Å². The number of carboxylic acid groups (broad SMARTS) is 1. The topological polar surface area (TPSA) is 188 Å². The van der Waals surface area contributed by atoms with Crippen molar-refractivity contribution >= 4 is 33.8 Å². The molecule has 0 saturated heterocycles. The minimum absolute atomic E-state index is 0.487. The lowest BCUT2D eigenvalue weighted by molar-refractivity contribution is -0.422. The van der Waals surface area contributed by atoms with Crippen LogP contribution in [0.5, 0.6) is 0 Å². The molecule has 3 aromatic rings. The number of carboxylic acids is 1. The van der Waals surface area contributed by atoms with Gasteiger partial charge in [-0.1, -0.05) is 26.0 Å². The minimum atomic E-state index is -1.58. The Bertz CT molecular complexity index is 1340. The molecule has 0 amide bonds. The Balaban J connectivity index is 0.000000205. The number of para-hydroxylation sites is 1. The molecule has 0 saturated carbocycles. The van der Waals surface area contributed by atoms with E-state index in [1.807, 2.05) is 18.2 Å². The van der Waals surface area contributed by atoms with Gasteiger partial charge in [0.25, 0.3) is 0 Å². The van der Waals surface area contributed by atoms with Gasteiger partial charge in [-0.3, -0.25) is 25.3 Å². The van der Waals surface area contributed by atoms with Crippen molar-refractivity contribution < 1.29 is 19.7 Å². The zero-order valence-electron chi connectivity index (χ0n) is 18.9. The first kappa shape index (κ1) is 25.0. The Morgan fingerprint density at radius 2 is 1.97 bits per heavy atom. The van der Waals surface area contributed by atoms with Crippen molar-refractivity contribution in [1.29, 1.82) is 5.26 Å². The van der Waals surface area contributed by atoms with E-state index < -0.39 is 32.8 Å². The molecule has 180 valence electrons. The standard InChI is InChI=1S/C16H18N4.C7H4N2O6/c1-10(2)15-8-12(5-6-18-15)16-13-7-11(9-17)3-4-14(13)19-20-16;10-7(11)4-2-1-3-5(8(12)13)6(4)9(14)15/h3-5,7,10,15,18H,6,8H2,1-2H3,(H,19,20);1-3H,(H,10,11). The number of aromatic amines is 1. The quantitative estimate of drug-likeness (QED) is 0.359. The van der Waals surface area contributed by atoms with Crippen molar-refractivity contribution in [3.05, 3.63) is 79.5 Å². The van der Waals surface area contributed by atoms with Crippen LogP contribution in [0.4, 0.5) is 11.4 Å². The van der Waals surface area contributed by atoms with Gasteiger partial charge >= 0.3 is 17.3 Å². The highest BCUT2D eigenvalue weighted by molar-refractivity contribution is 5.94. The van der Waals surface area contributed by atoms with Crippen LogP contribution in [0.15, 0.2) is 42.5 Å². The molecular formula is C23H22N6O6. The maximum Gasteiger partial charge on any atom is 0.360 e. The van der Waals surface area contributed by atoms with Crippen molar-refractivity contribution in [3.8, 4) is 6.07 Å². The molecule has 0 fully saturated rings. The van der Waals surface area contributed by atoms with E-state index in [4.69, 9.17) is 10.4 Å². The summed E-state index contributed by atoms with van der Waals surface area (Å²) in [7, 11) is 0. The molecule has 0 aliphatic carbocycles. The SMILES string of the molecule is CC(C)C1CC(c2n[nH]c3ccc(C#N)cc23)=CCN1.O=C(O)c1cccc([N+](=O)[O-])c1[N+](=O)[O-]. The monoisotopic (exact) mass is 478 g/mol. The van der Waals surface area contributed by atoms with Crippen molar-refractivity contribution in [2.24, 2.45) is 5.92 Å². The van der Waals surface area contributed by atoms with Crippen LogP contribution < -0.4 is 5.32 Å². The first-order valence-corrected chi connectivity index (χ1v) is 10.6. The molecule has 1 aliphatic heterocycles. The average molecular weight is 478 g/mol. The van der Waals surface area contributed by atoms with Crippen LogP contribution in [-0.2, 0) is 0 Å². The van der Waals surface area contributed by atoms with E-state index in [1.165, 1.54) is 5.57 Å². The van der Waals surface area contributed by atoms with E-state index in [1.54, 1.807) is 0 Å². The zero-order valence-corrected chi connectivity index (χ0v) is 18.9. The maximum atomic E-state index is 10.6. The van der Waals surface area contributed by atoms with E-state index in [-0.39, 0.29) is 0 Å². The molecule has 0 spiro atoms. The van der Waals surface area contributed by atoms with Gasteiger partial charge in [-0.2, -0.15) is 10.4 Å². The molecule has 4 rings (SSSR count). The van der Waals surface area contributed by atoms with Gasteiger partial charge in [-0.05, 0) is 42.2 Å². The molecule has 1 atom stereocenters. The highest BCUT2D eigenvalue weighted by Crippen LogP contribution is 2.31. The summed E-state index contributed by atoms with van der Waals surface area (Å²) in [5.74, 6) is -0.982. The van der Waals surface area contributed by atoms with E-state index in [2.05, 4.69) is 41.5 Å². The van der Waals surface area contributed by atoms with Gasteiger partial charge in [0.05, 0.1) is 32.7 Å². The highest BCUT2D eigenvalue weighted by atomic mass is 16.6. The Labute approximate surface area is 199 Å². The molecule has 1 aromatic heterocycles. The second-order valence-corrected chi connectivity index (χ2v) is 8.13. The number of nitriles is 1. The predicted molar refractivity (Wildman–Crippen MR) is 127 cm³/mol. The van der Waals surface area contributed by atoms with E-state index >= 15 is 0 Å². The lowest BCUT2D eigenvalue weighted by atomic mass is 9.91. The first-order chi connectivity index (χ1) is 16.6. The summed E-state index contributed by atoms with van der Waals surface area (Å²) in [6.07, 6.45) is 3.18. The van der Waals surface area contributed by atoms with Crippen LogP contribution in [-0.4, -0.2) is 43.7 Å². The van der Waals surface area contributed by atoms with Gasteiger partial charge < -0.3 is 10.4 Å². The fourth-order valence-electron chi connectivity index (χ4n) is 3.76. The normalized spacial score (nSPS) is 15.0. The smallest absolute Gasteiger partial charge is 0.360 e. The number of rotatable bonds is 5. The van der Waals surface area contributed by atoms with E-state index in [9.17, 15) is 25.0 Å². The molecule has 2 heterocycles. The molecule has 1 aliphatic rings. The van der Waals surface area contributed by atoms with E-state index in [0.29, 0.717) is 17.5 Å². The molecular weight excluding hydrogens is 456 g/mol. The van der Waals surface area contributed by atoms with Gasteiger partial charge in [-0.15, -0.1) is 0 Å². The largest absolute Gasteiger partial charge is 0.477 e. The van der Waals surface area contributed by atoms with Crippen molar-refractivity contribution in [3.63, 3.8) is 0 Å². The Morgan fingerprint density at radius 1 is 1.23 bits per heavy atom. The van der Waals surface area contributed by atoms with Gasteiger partial charge in [-0.25, -0.2) is 4.79 Å². The predicted octanol–water partition coefficient (Wildman–Crippen LogP) is 4.04. The summed E-state index contributed by atoms with van der Waals surface area (Å²) < 4.78 is 0. The minimum Gasteiger partial charge on any atom is -0.477 e. The summed E-state index contributed by atoms with van der Waals surface area (Å²) >= 11 is 0. The summed E-state index contributed by atoms with van der Waals surface area (Å²) in [4.78, 5) is 29.4. The molecule has 1 unspecified atom stereocenters. The summed E-state index contributed by atoms with van der Waals surface area (Å²) in [6.45, 7) is 5.35. The number of fused-ring (bicyclic) bond motifs is 1. The summed E-state index contributed by atoms with van der Waals surface area (Å²) in [6, 6.07) is 11.2. The molecule has 0 radical (unpaired) electrons. The third-order valence-corrected chi connectivity index (χ3v) is 5.59. The number of hydrogen-bond acceptors (Lipinski definition) is 8. The third kappa shape index (κ3) is 5.48. The van der Waals surface area contributed by atoms with Crippen LogP contribution in [0.2, 0.25) is 0 Å². The number of nitrogens with zero attached hydrogens (tertiary/aromatic N) is 4. The first-order valence-electron chi connectivity index (χ1n) is 10.6. The number of aromatic nitrogens is 2. The lowest BCUT2D eigenvalue weighted by Gasteiger charge is -2.26.